The first kappa shape index (κ1) is 14.7. The van der Waals surface area contributed by atoms with Gasteiger partial charge in [0.1, 0.15) is 0 Å². The van der Waals surface area contributed by atoms with Crippen LogP contribution < -0.4 is 16.0 Å². The maximum Gasteiger partial charge on any atom is 0.221 e. The summed E-state index contributed by atoms with van der Waals surface area (Å²) in [6.07, 6.45) is 9.43. The molecule has 0 spiro atoms. The predicted molar refractivity (Wildman–Crippen MR) is 84.8 cm³/mol. The molecule has 0 bridgehead atoms. The number of pyridine rings is 1. The molecule has 1 aromatic rings. The SMILES string of the molecule is CC(=O)Nc1ccncc1NC(=S)NC1CCCCC1. The van der Waals surface area contributed by atoms with Crippen LogP contribution in [0.2, 0.25) is 0 Å². The maximum atomic E-state index is 11.2. The zero-order valence-corrected chi connectivity index (χ0v) is 12.4. The van der Waals surface area contributed by atoms with E-state index in [1.165, 1.54) is 26.2 Å². The lowest BCUT2D eigenvalue weighted by molar-refractivity contribution is -0.114. The third kappa shape index (κ3) is 4.45. The number of hydrogen-bond acceptors (Lipinski definition) is 3. The normalized spacial score (nSPS) is 15.4. The molecule has 0 aromatic carbocycles. The molecule has 108 valence electrons. The Bertz CT molecular complexity index is 486. The van der Waals surface area contributed by atoms with Crippen molar-refractivity contribution in [2.45, 2.75) is 45.1 Å². The van der Waals surface area contributed by atoms with E-state index in [4.69, 9.17) is 12.2 Å². The van der Waals surface area contributed by atoms with Gasteiger partial charge in [0.05, 0.1) is 17.6 Å². The molecule has 0 aliphatic heterocycles. The summed E-state index contributed by atoms with van der Waals surface area (Å²) in [6, 6.07) is 2.19. The zero-order chi connectivity index (χ0) is 14.4. The fraction of sp³-hybridized carbons (Fsp3) is 0.500. The summed E-state index contributed by atoms with van der Waals surface area (Å²) in [5.41, 5.74) is 1.39. The van der Waals surface area contributed by atoms with Gasteiger partial charge >= 0.3 is 0 Å². The van der Waals surface area contributed by atoms with E-state index < -0.39 is 0 Å². The van der Waals surface area contributed by atoms with Gasteiger partial charge in [0.25, 0.3) is 0 Å². The summed E-state index contributed by atoms with van der Waals surface area (Å²) in [7, 11) is 0. The number of hydrogen-bond donors (Lipinski definition) is 3. The van der Waals surface area contributed by atoms with Crippen molar-refractivity contribution in [3.8, 4) is 0 Å². The zero-order valence-electron chi connectivity index (χ0n) is 11.6. The lowest BCUT2D eigenvalue weighted by Gasteiger charge is -2.24. The Labute approximate surface area is 124 Å². The lowest BCUT2D eigenvalue weighted by Crippen LogP contribution is -2.39. The number of aromatic nitrogens is 1. The molecule has 0 saturated heterocycles. The maximum absolute atomic E-state index is 11.2. The van der Waals surface area contributed by atoms with Crippen LogP contribution in [-0.2, 0) is 4.79 Å². The minimum atomic E-state index is -0.120. The van der Waals surface area contributed by atoms with E-state index in [1.54, 1.807) is 18.5 Å². The highest BCUT2D eigenvalue weighted by Crippen LogP contribution is 2.20. The van der Waals surface area contributed by atoms with Crippen LogP contribution in [-0.4, -0.2) is 22.0 Å². The Morgan fingerprint density at radius 2 is 2.00 bits per heavy atom. The van der Waals surface area contributed by atoms with Crippen LogP contribution in [0.3, 0.4) is 0 Å². The van der Waals surface area contributed by atoms with Crippen LogP contribution in [0.5, 0.6) is 0 Å². The van der Waals surface area contributed by atoms with Crippen LogP contribution in [0.4, 0.5) is 11.4 Å². The molecule has 1 fully saturated rings. The number of carbonyl (C=O) groups is 1. The van der Waals surface area contributed by atoms with Crippen molar-refractivity contribution in [1.29, 1.82) is 0 Å². The number of nitrogens with one attached hydrogen (secondary N) is 3. The molecular formula is C14H20N4OS. The van der Waals surface area contributed by atoms with Gasteiger partial charge in [-0.25, -0.2) is 0 Å². The quantitative estimate of drug-likeness (QED) is 0.747. The van der Waals surface area contributed by atoms with Gasteiger partial charge in [-0.2, -0.15) is 0 Å². The monoisotopic (exact) mass is 292 g/mol. The van der Waals surface area contributed by atoms with Crippen LogP contribution in [0.15, 0.2) is 18.5 Å². The van der Waals surface area contributed by atoms with Gasteiger partial charge in [0.2, 0.25) is 5.91 Å². The van der Waals surface area contributed by atoms with Crippen molar-refractivity contribution < 1.29 is 4.79 Å². The summed E-state index contributed by atoms with van der Waals surface area (Å²) < 4.78 is 0. The van der Waals surface area contributed by atoms with Crippen molar-refractivity contribution in [2.75, 3.05) is 10.6 Å². The van der Waals surface area contributed by atoms with Gasteiger partial charge in [-0.1, -0.05) is 19.3 Å². The average Bonchev–Trinajstić information content (AvgIpc) is 2.41. The second kappa shape index (κ2) is 7.19. The molecule has 1 aliphatic rings. The Morgan fingerprint density at radius 1 is 1.25 bits per heavy atom. The summed E-state index contributed by atoms with van der Waals surface area (Å²) in [6.45, 7) is 1.48. The molecule has 0 radical (unpaired) electrons. The van der Waals surface area contributed by atoms with Crippen molar-refractivity contribution in [3.63, 3.8) is 0 Å². The van der Waals surface area contributed by atoms with Crippen molar-refractivity contribution >= 4 is 34.6 Å². The highest BCUT2D eigenvalue weighted by Gasteiger charge is 2.14. The Morgan fingerprint density at radius 3 is 2.70 bits per heavy atom. The van der Waals surface area contributed by atoms with Gasteiger partial charge in [0.15, 0.2) is 5.11 Å². The second-order valence-electron chi connectivity index (χ2n) is 5.04. The Balaban J connectivity index is 1.94. The first-order valence-corrected chi connectivity index (χ1v) is 7.35. The van der Waals surface area contributed by atoms with Crippen LogP contribution in [0, 0.1) is 0 Å². The largest absolute Gasteiger partial charge is 0.360 e. The van der Waals surface area contributed by atoms with E-state index in [9.17, 15) is 4.79 Å². The van der Waals surface area contributed by atoms with E-state index in [0.29, 0.717) is 22.5 Å². The van der Waals surface area contributed by atoms with Gasteiger partial charge in [-0.05, 0) is 31.1 Å². The van der Waals surface area contributed by atoms with Gasteiger partial charge in [-0.3, -0.25) is 9.78 Å². The molecule has 6 heteroatoms. The summed E-state index contributed by atoms with van der Waals surface area (Å²) >= 11 is 5.33. The lowest BCUT2D eigenvalue weighted by atomic mass is 9.96. The summed E-state index contributed by atoms with van der Waals surface area (Å²) in [5.74, 6) is -0.120. The fourth-order valence-corrected chi connectivity index (χ4v) is 2.66. The van der Waals surface area contributed by atoms with E-state index in [-0.39, 0.29) is 5.91 Å². The fourth-order valence-electron chi connectivity index (χ4n) is 2.38. The molecule has 5 nitrogen and oxygen atoms in total. The Hall–Kier alpha value is -1.69. The number of anilines is 2. The molecule has 20 heavy (non-hydrogen) atoms. The molecule has 1 amide bonds. The predicted octanol–water partition coefficient (Wildman–Crippen LogP) is 2.66. The van der Waals surface area contributed by atoms with E-state index in [2.05, 4.69) is 20.9 Å². The minimum Gasteiger partial charge on any atom is -0.360 e. The summed E-state index contributed by atoms with van der Waals surface area (Å²) in [4.78, 5) is 15.2. The molecule has 1 aliphatic carbocycles. The van der Waals surface area contributed by atoms with Crippen LogP contribution in [0.25, 0.3) is 0 Å². The topological polar surface area (TPSA) is 66.0 Å². The molecule has 0 unspecified atom stereocenters. The molecule has 2 rings (SSSR count). The highest BCUT2D eigenvalue weighted by molar-refractivity contribution is 7.80. The number of rotatable bonds is 3. The van der Waals surface area contributed by atoms with E-state index in [0.717, 1.165) is 12.8 Å². The first-order valence-electron chi connectivity index (χ1n) is 6.94. The number of carbonyl (C=O) groups excluding carboxylic acids is 1. The van der Waals surface area contributed by atoms with E-state index in [1.807, 2.05) is 0 Å². The molecule has 0 atom stereocenters. The number of thiocarbonyl (C=S) groups is 1. The van der Waals surface area contributed by atoms with Crippen molar-refractivity contribution in [3.05, 3.63) is 18.5 Å². The number of amides is 1. The second-order valence-corrected chi connectivity index (χ2v) is 5.44. The summed E-state index contributed by atoms with van der Waals surface area (Å²) in [5, 5.41) is 9.77. The van der Waals surface area contributed by atoms with Crippen molar-refractivity contribution in [1.82, 2.24) is 10.3 Å². The molecule has 1 heterocycles. The van der Waals surface area contributed by atoms with Gasteiger partial charge < -0.3 is 16.0 Å². The standard InChI is InChI=1S/C14H20N4OS/c1-10(19)16-12-7-8-15-9-13(12)18-14(20)17-11-5-3-2-4-6-11/h7-9,11H,2-6H2,1H3,(H,15,16,19)(H2,17,18,20). The smallest absolute Gasteiger partial charge is 0.221 e. The highest BCUT2D eigenvalue weighted by atomic mass is 32.1. The number of nitrogens with zero attached hydrogens (tertiary/aromatic N) is 1. The van der Waals surface area contributed by atoms with Crippen molar-refractivity contribution in [2.24, 2.45) is 0 Å². The minimum absolute atomic E-state index is 0.120. The molecule has 3 N–H and O–H groups in total. The Kier molecular flexibility index (Phi) is 5.29. The molecule has 1 saturated carbocycles. The molecular weight excluding hydrogens is 272 g/mol. The van der Waals surface area contributed by atoms with Gasteiger partial charge in [-0.15, -0.1) is 0 Å². The van der Waals surface area contributed by atoms with E-state index >= 15 is 0 Å². The first-order chi connectivity index (χ1) is 9.65. The molecule has 1 aromatic heterocycles. The van der Waals surface area contributed by atoms with Crippen LogP contribution >= 0.6 is 12.2 Å². The third-order valence-electron chi connectivity index (χ3n) is 3.32. The van der Waals surface area contributed by atoms with Gasteiger partial charge in [0, 0.05) is 19.2 Å². The average molecular weight is 292 g/mol. The van der Waals surface area contributed by atoms with Crippen LogP contribution in [0.1, 0.15) is 39.0 Å². The third-order valence-corrected chi connectivity index (χ3v) is 3.54.